The molecule has 0 aromatic heterocycles. The van der Waals surface area contributed by atoms with Crippen LogP contribution in [0.25, 0.3) is 0 Å². The van der Waals surface area contributed by atoms with E-state index in [1.807, 2.05) is 4.90 Å². The van der Waals surface area contributed by atoms with Crippen LogP contribution in [0.3, 0.4) is 0 Å². The lowest BCUT2D eigenvalue weighted by atomic mass is 9.88. The number of phenolic OH excluding ortho intramolecular Hbond substituents is 1. The van der Waals surface area contributed by atoms with Gasteiger partial charge in [-0.1, -0.05) is 22.0 Å². The van der Waals surface area contributed by atoms with E-state index < -0.39 is 0 Å². The van der Waals surface area contributed by atoms with Crippen LogP contribution in [0.1, 0.15) is 45.5 Å². The van der Waals surface area contributed by atoms with Crippen LogP contribution in [0.4, 0.5) is 0 Å². The van der Waals surface area contributed by atoms with Crippen molar-refractivity contribution in [1.29, 1.82) is 0 Å². The number of benzene rings is 2. The van der Waals surface area contributed by atoms with Crippen molar-refractivity contribution in [2.75, 3.05) is 13.1 Å². The standard InChI is InChI=1S/C23H26BrNO3/c1-14-12-15(2)22(24)16(3)20(14)13-21(27)25-10-8-18(9-11-25)23(28)17-4-6-19(26)7-5-17/h4-7,12,18,26H,8-11,13H2,1-3H3. The largest absolute Gasteiger partial charge is 0.508 e. The van der Waals surface area contributed by atoms with Crippen molar-refractivity contribution >= 4 is 27.6 Å². The quantitative estimate of drug-likeness (QED) is 0.693. The monoisotopic (exact) mass is 443 g/mol. The number of Topliss-reactive ketones (excluding diaryl/α,β-unsaturated/α-hetero) is 1. The van der Waals surface area contributed by atoms with Gasteiger partial charge in [0.25, 0.3) is 0 Å². The smallest absolute Gasteiger partial charge is 0.227 e. The highest BCUT2D eigenvalue weighted by atomic mass is 79.9. The van der Waals surface area contributed by atoms with Gasteiger partial charge in [0.05, 0.1) is 6.42 Å². The predicted molar refractivity (Wildman–Crippen MR) is 114 cm³/mol. The summed E-state index contributed by atoms with van der Waals surface area (Å²) in [7, 11) is 0. The SMILES string of the molecule is Cc1cc(C)c(CC(=O)N2CCC(C(=O)c3ccc(O)cc3)CC2)c(C)c1Br. The minimum absolute atomic E-state index is 0.0643. The van der Waals surface area contributed by atoms with E-state index in [-0.39, 0.29) is 23.4 Å². The van der Waals surface area contributed by atoms with Crippen molar-refractivity contribution in [2.45, 2.75) is 40.0 Å². The van der Waals surface area contributed by atoms with Crippen molar-refractivity contribution in [2.24, 2.45) is 5.92 Å². The molecule has 3 rings (SSSR count). The Morgan fingerprint density at radius 2 is 1.68 bits per heavy atom. The first kappa shape index (κ1) is 20.6. The van der Waals surface area contributed by atoms with Crippen LogP contribution in [0.2, 0.25) is 0 Å². The number of halogens is 1. The van der Waals surface area contributed by atoms with E-state index in [1.165, 1.54) is 17.7 Å². The van der Waals surface area contributed by atoms with Gasteiger partial charge in [0.15, 0.2) is 5.78 Å². The molecular weight excluding hydrogens is 418 g/mol. The van der Waals surface area contributed by atoms with E-state index in [0.717, 1.165) is 21.2 Å². The number of aryl methyl sites for hydroxylation is 2. The molecule has 1 N–H and O–H groups in total. The summed E-state index contributed by atoms with van der Waals surface area (Å²) in [4.78, 5) is 27.4. The minimum atomic E-state index is -0.0643. The molecule has 0 unspecified atom stereocenters. The van der Waals surface area contributed by atoms with Gasteiger partial charge in [-0.2, -0.15) is 0 Å². The molecule has 1 amide bonds. The molecule has 0 bridgehead atoms. The fourth-order valence-corrected chi connectivity index (χ4v) is 4.34. The molecular formula is C23H26BrNO3. The molecule has 1 heterocycles. The van der Waals surface area contributed by atoms with Gasteiger partial charge in [-0.3, -0.25) is 9.59 Å². The first-order valence-electron chi connectivity index (χ1n) is 9.64. The van der Waals surface area contributed by atoms with Crippen molar-refractivity contribution in [1.82, 2.24) is 4.90 Å². The number of hydrogen-bond acceptors (Lipinski definition) is 3. The third kappa shape index (κ3) is 4.30. The molecule has 1 saturated heterocycles. The maximum absolute atomic E-state index is 12.9. The summed E-state index contributed by atoms with van der Waals surface area (Å²) < 4.78 is 1.07. The van der Waals surface area contributed by atoms with Crippen molar-refractivity contribution < 1.29 is 14.7 Å². The van der Waals surface area contributed by atoms with Gasteiger partial charge in [-0.15, -0.1) is 0 Å². The van der Waals surface area contributed by atoms with E-state index in [0.29, 0.717) is 37.9 Å². The summed E-state index contributed by atoms with van der Waals surface area (Å²) in [6, 6.07) is 8.51. The molecule has 2 aromatic carbocycles. The van der Waals surface area contributed by atoms with Crippen LogP contribution in [0.15, 0.2) is 34.8 Å². The predicted octanol–water partition coefficient (Wildman–Crippen LogP) is 4.74. The number of phenols is 1. The van der Waals surface area contributed by atoms with E-state index in [4.69, 9.17) is 0 Å². The Morgan fingerprint density at radius 1 is 1.07 bits per heavy atom. The second-order valence-corrected chi connectivity index (χ2v) is 8.46. The molecule has 0 spiro atoms. The molecule has 0 saturated carbocycles. The number of aromatic hydroxyl groups is 1. The highest BCUT2D eigenvalue weighted by molar-refractivity contribution is 9.10. The third-order valence-corrected chi connectivity index (χ3v) is 6.96. The summed E-state index contributed by atoms with van der Waals surface area (Å²) in [5.41, 5.74) is 5.16. The second-order valence-electron chi connectivity index (χ2n) is 7.67. The molecule has 1 fully saturated rings. The number of rotatable bonds is 4. The minimum Gasteiger partial charge on any atom is -0.508 e. The fourth-order valence-electron chi connectivity index (χ4n) is 3.99. The van der Waals surface area contributed by atoms with Gasteiger partial charge >= 0.3 is 0 Å². The molecule has 2 aromatic rings. The number of carbonyl (C=O) groups excluding carboxylic acids is 2. The maximum atomic E-state index is 12.9. The first-order chi connectivity index (χ1) is 13.3. The summed E-state index contributed by atoms with van der Waals surface area (Å²) in [6.45, 7) is 7.38. The number of ketones is 1. The van der Waals surface area contributed by atoms with Gasteiger partial charge in [-0.25, -0.2) is 0 Å². The number of amides is 1. The van der Waals surface area contributed by atoms with Gasteiger partial charge < -0.3 is 10.0 Å². The lowest BCUT2D eigenvalue weighted by molar-refractivity contribution is -0.131. The number of piperidine rings is 1. The summed E-state index contributed by atoms with van der Waals surface area (Å²) in [5, 5.41) is 9.38. The Balaban J connectivity index is 1.62. The molecule has 1 aliphatic rings. The van der Waals surface area contributed by atoms with Crippen molar-refractivity contribution in [3.8, 4) is 5.75 Å². The average Bonchev–Trinajstić information content (AvgIpc) is 2.69. The normalized spacial score (nSPS) is 14.9. The van der Waals surface area contributed by atoms with Crippen LogP contribution in [-0.2, 0) is 11.2 Å². The lowest BCUT2D eigenvalue weighted by Gasteiger charge is -2.32. The Bertz CT molecular complexity index is 897. The van der Waals surface area contributed by atoms with Crippen molar-refractivity contribution in [3.05, 3.63) is 62.6 Å². The number of nitrogens with zero attached hydrogens (tertiary/aromatic N) is 1. The van der Waals surface area contributed by atoms with Gasteiger partial charge in [-0.05, 0) is 80.1 Å². The Labute approximate surface area is 174 Å². The van der Waals surface area contributed by atoms with E-state index in [1.54, 1.807) is 12.1 Å². The number of hydrogen-bond donors (Lipinski definition) is 1. The Morgan fingerprint density at radius 3 is 2.29 bits per heavy atom. The molecule has 0 aliphatic carbocycles. The lowest BCUT2D eigenvalue weighted by Crippen LogP contribution is -2.41. The molecule has 0 radical (unpaired) electrons. The summed E-state index contributed by atoms with van der Waals surface area (Å²) >= 11 is 3.62. The van der Waals surface area contributed by atoms with Crippen LogP contribution in [-0.4, -0.2) is 34.8 Å². The van der Waals surface area contributed by atoms with Crippen LogP contribution >= 0.6 is 15.9 Å². The van der Waals surface area contributed by atoms with Gasteiger partial charge in [0.1, 0.15) is 5.75 Å². The topological polar surface area (TPSA) is 57.6 Å². The average molecular weight is 444 g/mol. The van der Waals surface area contributed by atoms with Gasteiger partial charge in [0.2, 0.25) is 5.91 Å². The zero-order chi connectivity index (χ0) is 20.4. The van der Waals surface area contributed by atoms with E-state index in [9.17, 15) is 14.7 Å². The molecule has 1 aliphatic heterocycles. The first-order valence-corrected chi connectivity index (χ1v) is 10.4. The molecule has 148 valence electrons. The van der Waals surface area contributed by atoms with Crippen LogP contribution in [0, 0.1) is 26.7 Å². The van der Waals surface area contributed by atoms with E-state index in [2.05, 4.69) is 42.8 Å². The Hall–Kier alpha value is -2.14. The van der Waals surface area contributed by atoms with E-state index >= 15 is 0 Å². The molecule has 5 heteroatoms. The summed E-state index contributed by atoms with van der Waals surface area (Å²) in [6.07, 6.45) is 1.76. The summed E-state index contributed by atoms with van der Waals surface area (Å²) in [5.74, 6) is 0.314. The second kappa shape index (κ2) is 8.48. The zero-order valence-electron chi connectivity index (χ0n) is 16.6. The highest BCUT2D eigenvalue weighted by Gasteiger charge is 2.28. The highest BCUT2D eigenvalue weighted by Crippen LogP contribution is 2.28. The number of likely N-dealkylation sites (tertiary alicyclic amines) is 1. The van der Waals surface area contributed by atoms with Gasteiger partial charge in [0, 0.05) is 29.0 Å². The third-order valence-electron chi connectivity index (χ3n) is 5.74. The van der Waals surface area contributed by atoms with Crippen LogP contribution < -0.4 is 0 Å². The molecule has 0 atom stereocenters. The fraction of sp³-hybridized carbons (Fsp3) is 0.391. The zero-order valence-corrected chi connectivity index (χ0v) is 18.2. The molecule has 28 heavy (non-hydrogen) atoms. The Kier molecular flexibility index (Phi) is 6.23. The van der Waals surface area contributed by atoms with Crippen LogP contribution in [0.5, 0.6) is 5.75 Å². The van der Waals surface area contributed by atoms with Crippen molar-refractivity contribution in [3.63, 3.8) is 0 Å². The maximum Gasteiger partial charge on any atom is 0.227 e. The number of carbonyl (C=O) groups is 2. The molecule has 4 nitrogen and oxygen atoms in total.